The zero-order valence-electron chi connectivity index (χ0n) is 23.3. The highest BCUT2D eigenvalue weighted by molar-refractivity contribution is 8.16. The van der Waals surface area contributed by atoms with Gasteiger partial charge in [0.1, 0.15) is 6.61 Å². The highest BCUT2D eigenvalue weighted by atomic mass is 32.2. The first-order valence-electron chi connectivity index (χ1n) is 13.2. The van der Waals surface area contributed by atoms with E-state index >= 15 is 0 Å². The Balaban J connectivity index is 1.68. The number of methoxy groups -OCH3 is 2. The largest absolute Gasteiger partial charge is 0.493 e. The van der Waals surface area contributed by atoms with Gasteiger partial charge in [0.05, 0.1) is 50.5 Å². The van der Waals surface area contributed by atoms with Crippen LogP contribution in [-0.2, 0) is 23.9 Å². The van der Waals surface area contributed by atoms with Crippen molar-refractivity contribution in [1.82, 2.24) is 9.80 Å². The number of carbonyl (C=O) groups is 3. The van der Waals surface area contributed by atoms with Crippen LogP contribution >= 0.6 is 11.8 Å². The highest BCUT2D eigenvalue weighted by Crippen LogP contribution is 2.48. The number of aliphatic imine (C=N–C) groups is 1. The van der Waals surface area contributed by atoms with Crippen molar-refractivity contribution in [3.8, 4) is 11.5 Å². The summed E-state index contributed by atoms with van der Waals surface area (Å²) in [4.78, 5) is 47.6. The number of ether oxygens (including phenoxy) is 4. The van der Waals surface area contributed by atoms with Crippen LogP contribution in [-0.4, -0.2) is 73.3 Å². The molecule has 214 valence electrons. The molecule has 0 bridgehead atoms. The van der Waals surface area contributed by atoms with Gasteiger partial charge in [-0.1, -0.05) is 36.5 Å². The molecular weight excluding hydrogens is 534 g/mol. The number of para-hydroxylation sites is 1. The van der Waals surface area contributed by atoms with Crippen molar-refractivity contribution < 1.29 is 33.3 Å². The molecule has 0 saturated carbocycles. The van der Waals surface area contributed by atoms with E-state index in [9.17, 15) is 14.4 Å². The first-order valence-corrected chi connectivity index (χ1v) is 14.1. The molecule has 0 aromatic heterocycles. The lowest BCUT2D eigenvalue weighted by Crippen LogP contribution is -2.44. The fourth-order valence-electron chi connectivity index (χ4n) is 5.19. The standard InChI is InChI=1S/C29H35N3O7S/c1-6-14-39-28(35)24-18(3)30-29-32(25(24)21-11-8-12-22(36-4)26(21)37-5)20(17-40-29)15-23(33)31-13-9-10-19(16-31)27(34)38-7-2/h6,8,11-12,17,19,25H,1,7,9-10,13-16H2,2-5H3. The third-order valence-electron chi connectivity index (χ3n) is 7.01. The molecule has 0 radical (unpaired) electrons. The summed E-state index contributed by atoms with van der Waals surface area (Å²) in [6.07, 6.45) is 3.00. The number of rotatable bonds is 10. The van der Waals surface area contributed by atoms with Crippen LogP contribution in [0.2, 0.25) is 0 Å². The summed E-state index contributed by atoms with van der Waals surface area (Å²) >= 11 is 1.39. The van der Waals surface area contributed by atoms with Crippen molar-refractivity contribution >= 4 is 34.8 Å². The van der Waals surface area contributed by atoms with Gasteiger partial charge in [0.15, 0.2) is 16.7 Å². The van der Waals surface area contributed by atoms with E-state index in [4.69, 9.17) is 23.9 Å². The van der Waals surface area contributed by atoms with E-state index in [0.29, 0.717) is 65.3 Å². The van der Waals surface area contributed by atoms with Crippen molar-refractivity contribution in [2.45, 2.75) is 39.2 Å². The Labute approximate surface area is 238 Å². The van der Waals surface area contributed by atoms with Crippen LogP contribution in [0.25, 0.3) is 0 Å². The molecule has 0 spiro atoms. The number of piperidine rings is 1. The number of nitrogens with zero attached hydrogens (tertiary/aromatic N) is 3. The molecular formula is C29H35N3O7S. The van der Waals surface area contributed by atoms with E-state index in [0.717, 1.165) is 6.42 Å². The Kier molecular flexibility index (Phi) is 9.57. The second-order valence-electron chi connectivity index (χ2n) is 9.47. The maximum atomic E-state index is 13.5. The SMILES string of the molecule is C=CCOC(=O)C1=C(C)N=C2SC=C(CC(=O)N3CCCC(C(=O)OCC)C3)N2C1c1cccc(OC)c1OC. The molecule has 0 N–H and O–H groups in total. The molecule has 3 heterocycles. The lowest BCUT2D eigenvalue weighted by molar-refractivity contribution is -0.151. The Bertz CT molecular complexity index is 1270. The number of esters is 2. The van der Waals surface area contributed by atoms with Gasteiger partial charge in [0, 0.05) is 24.4 Å². The highest BCUT2D eigenvalue weighted by Gasteiger charge is 2.43. The monoisotopic (exact) mass is 569 g/mol. The van der Waals surface area contributed by atoms with Crippen LogP contribution in [0.15, 0.2) is 58.2 Å². The van der Waals surface area contributed by atoms with E-state index in [1.165, 1.54) is 17.8 Å². The molecule has 2 atom stereocenters. The predicted octanol–water partition coefficient (Wildman–Crippen LogP) is 4.20. The van der Waals surface area contributed by atoms with E-state index < -0.39 is 12.0 Å². The lowest BCUT2D eigenvalue weighted by Gasteiger charge is -2.37. The Morgan fingerprint density at radius 3 is 2.70 bits per heavy atom. The van der Waals surface area contributed by atoms with Crippen LogP contribution in [0.3, 0.4) is 0 Å². The normalized spacial score (nSPS) is 20.3. The predicted molar refractivity (Wildman–Crippen MR) is 152 cm³/mol. The average molecular weight is 570 g/mol. The van der Waals surface area contributed by atoms with Crippen LogP contribution in [0.5, 0.6) is 11.5 Å². The van der Waals surface area contributed by atoms with Crippen LogP contribution < -0.4 is 9.47 Å². The molecule has 1 fully saturated rings. The minimum absolute atomic E-state index is 0.0423. The molecule has 10 nitrogen and oxygen atoms in total. The third kappa shape index (κ3) is 5.89. The van der Waals surface area contributed by atoms with Gasteiger partial charge in [-0.3, -0.25) is 9.59 Å². The lowest BCUT2D eigenvalue weighted by atomic mass is 9.92. The molecule has 0 aliphatic carbocycles. The number of likely N-dealkylation sites (tertiary alicyclic amines) is 1. The number of amides is 1. The molecule has 11 heteroatoms. The number of hydrogen-bond donors (Lipinski definition) is 0. The second-order valence-corrected chi connectivity index (χ2v) is 10.3. The summed E-state index contributed by atoms with van der Waals surface area (Å²) in [5.41, 5.74) is 2.19. The summed E-state index contributed by atoms with van der Waals surface area (Å²) < 4.78 is 22.0. The fraction of sp³-hybridized carbons (Fsp3) is 0.448. The Hall–Kier alpha value is -3.73. The summed E-state index contributed by atoms with van der Waals surface area (Å²) in [6.45, 7) is 8.43. The Morgan fingerprint density at radius 2 is 2.00 bits per heavy atom. The summed E-state index contributed by atoms with van der Waals surface area (Å²) in [5.74, 6) is -0.274. The van der Waals surface area contributed by atoms with Gasteiger partial charge in [-0.2, -0.15) is 0 Å². The van der Waals surface area contributed by atoms with Gasteiger partial charge in [-0.15, -0.1) is 0 Å². The van der Waals surface area contributed by atoms with Crippen molar-refractivity contribution in [3.63, 3.8) is 0 Å². The molecule has 1 aromatic rings. The minimum atomic E-state index is -0.683. The van der Waals surface area contributed by atoms with Crippen molar-refractivity contribution in [1.29, 1.82) is 0 Å². The van der Waals surface area contributed by atoms with E-state index in [-0.39, 0.29) is 30.8 Å². The number of allylic oxidation sites excluding steroid dienone is 1. The first-order chi connectivity index (χ1) is 19.3. The van der Waals surface area contributed by atoms with Crippen LogP contribution in [0.4, 0.5) is 0 Å². The number of hydrogen-bond acceptors (Lipinski definition) is 10. The van der Waals surface area contributed by atoms with E-state index in [1.54, 1.807) is 39.0 Å². The summed E-state index contributed by atoms with van der Waals surface area (Å²) in [5, 5.41) is 2.52. The number of benzene rings is 1. The minimum Gasteiger partial charge on any atom is -0.493 e. The number of thioether (sulfide) groups is 1. The van der Waals surface area contributed by atoms with Gasteiger partial charge in [0.25, 0.3) is 0 Å². The molecule has 2 unspecified atom stereocenters. The number of carbonyl (C=O) groups excluding carboxylic acids is 3. The maximum absolute atomic E-state index is 13.5. The quantitative estimate of drug-likeness (QED) is 0.303. The molecule has 3 aliphatic rings. The van der Waals surface area contributed by atoms with Gasteiger partial charge in [-0.05, 0) is 38.2 Å². The molecule has 1 saturated heterocycles. The van der Waals surface area contributed by atoms with E-state index in [2.05, 4.69) is 6.58 Å². The van der Waals surface area contributed by atoms with Gasteiger partial charge < -0.3 is 28.7 Å². The van der Waals surface area contributed by atoms with Crippen molar-refractivity contribution in [3.05, 3.63) is 58.8 Å². The average Bonchev–Trinajstić information content (AvgIpc) is 3.36. The number of fused-ring (bicyclic) bond motifs is 1. The molecule has 1 amide bonds. The third-order valence-corrected chi connectivity index (χ3v) is 7.90. The van der Waals surface area contributed by atoms with Gasteiger partial charge in [0.2, 0.25) is 5.91 Å². The maximum Gasteiger partial charge on any atom is 0.338 e. The zero-order valence-corrected chi connectivity index (χ0v) is 24.1. The summed E-state index contributed by atoms with van der Waals surface area (Å²) in [6, 6.07) is 4.78. The summed E-state index contributed by atoms with van der Waals surface area (Å²) in [7, 11) is 3.09. The van der Waals surface area contributed by atoms with Crippen LogP contribution in [0.1, 0.15) is 44.7 Å². The molecule has 40 heavy (non-hydrogen) atoms. The Morgan fingerprint density at radius 1 is 1.20 bits per heavy atom. The van der Waals surface area contributed by atoms with Crippen LogP contribution in [0, 0.1) is 5.92 Å². The zero-order chi connectivity index (χ0) is 28.8. The molecule has 1 aromatic carbocycles. The molecule has 3 aliphatic heterocycles. The smallest absolute Gasteiger partial charge is 0.338 e. The fourth-order valence-corrected chi connectivity index (χ4v) is 6.15. The van der Waals surface area contributed by atoms with E-state index in [1.807, 2.05) is 22.4 Å². The first kappa shape index (κ1) is 29.3. The van der Waals surface area contributed by atoms with Crippen molar-refractivity contribution in [2.75, 3.05) is 40.5 Å². The topological polar surface area (TPSA) is 107 Å². The number of amidine groups is 1. The second kappa shape index (κ2) is 13.1. The van der Waals surface area contributed by atoms with Crippen molar-refractivity contribution in [2.24, 2.45) is 10.9 Å². The van der Waals surface area contributed by atoms with Gasteiger partial charge in [-0.25, -0.2) is 9.79 Å². The van der Waals surface area contributed by atoms with Gasteiger partial charge >= 0.3 is 11.9 Å². The molecule has 4 rings (SSSR count).